The Morgan fingerprint density at radius 1 is 1.13 bits per heavy atom. The van der Waals surface area contributed by atoms with Crippen LogP contribution in [0, 0.1) is 18.8 Å². The average molecular weight is 409 g/mol. The van der Waals surface area contributed by atoms with E-state index in [1.54, 1.807) is 30.5 Å². The van der Waals surface area contributed by atoms with Crippen LogP contribution in [0.25, 0.3) is 0 Å². The molecule has 2 heterocycles. The molecule has 0 aliphatic carbocycles. The van der Waals surface area contributed by atoms with Crippen molar-refractivity contribution >= 4 is 23.4 Å². The van der Waals surface area contributed by atoms with Crippen molar-refractivity contribution in [2.75, 3.05) is 25.0 Å². The highest BCUT2D eigenvalue weighted by Crippen LogP contribution is 2.25. The predicted molar refractivity (Wildman–Crippen MR) is 115 cm³/mol. The quantitative estimate of drug-likeness (QED) is 0.796. The minimum absolute atomic E-state index is 0.0770. The molecule has 158 valence electrons. The van der Waals surface area contributed by atoms with Crippen LogP contribution in [0.4, 0.5) is 5.69 Å². The van der Waals surface area contributed by atoms with Crippen molar-refractivity contribution in [2.45, 2.75) is 27.2 Å². The first-order chi connectivity index (χ1) is 14.3. The van der Waals surface area contributed by atoms with E-state index in [0.29, 0.717) is 41.7 Å². The van der Waals surface area contributed by atoms with Crippen LogP contribution in [0.3, 0.4) is 0 Å². The Hall–Kier alpha value is -3.22. The van der Waals surface area contributed by atoms with E-state index >= 15 is 0 Å². The molecule has 1 aliphatic heterocycles. The molecule has 0 bridgehead atoms. The van der Waals surface area contributed by atoms with E-state index in [-0.39, 0.29) is 18.4 Å². The molecule has 0 unspecified atom stereocenters. The maximum Gasteiger partial charge on any atom is 0.255 e. The predicted octanol–water partition coefficient (Wildman–Crippen LogP) is 2.88. The smallest absolute Gasteiger partial charge is 0.255 e. The Labute approximate surface area is 176 Å². The van der Waals surface area contributed by atoms with Gasteiger partial charge in [0.05, 0.1) is 23.4 Å². The van der Waals surface area contributed by atoms with Crippen molar-refractivity contribution in [1.82, 2.24) is 15.2 Å². The number of hydrogen-bond acceptors (Lipinski definition) is 4. The third-order valence-corrected chi connectivity index (χ3v) is 5.17. The fraction of sp³-hybridized carbons (Fsp3) is 0.391. The molecule has 7 nitrogen and oxygen atoms in total. The highest BCUT2D eigenvalue weighted by molar-refractivity contribution is 6.05. The van der Waals surface area contributed by atoms with Crippen LogP contribution >= 0.6 is 0 Å². The van der Waals surface area contributed by atoms with Crippen molar-refractivity contribution in [3.05, 3.63) is 59.4 Å². The third kappa shape index (κ3) is 5.43. The van der Waals surface area contributed by atoms with Gasteiger partial charge in [-0.25, -0.2) is 0 Å². The largest absolute Gasteiger partial charge is 0.343 e. The molecule has 30 heavy (non-hydrogen) atoms. The fourth-order valence-electron chi connectivity index (χ4n) is 3.90. The van der Waals surface area contributed by atoms with Crippen LogP contribution in [-0.2, 0) is 4.79 Å². The monoisotopic (exact) mass is 408 g/mol. The van der Waals surface area contributed by atoms with Gasteiger partial charge in [-0.2, -0.15) is 0 Å². The lowest BCUT2D eigenvalue weighted by molar-refractivity contribution is -0.115. The number of anilines is 1. The molecular weight excluding hydrogens is 380 g/mol. The SMILES string of the molecule is Cc1ccc(NC(=O)CNC(=O)c2cccnc2)c(C(=O)N2C[C@H](C)C[C@H](C)C2)c1. The first-order valence-electron chi connectivity index (χ1n) is 10.2. The van der Waals surface area contributed by atoms with Gasteiger partial charge in [0.1, 0.15) is 0 Å². The van der Waals surface area contributed by atoms with Crippen molar-refractivity contribution in [2.24, 2.45) is 11.8 Å². The summed E-state index contributed by atoms with van der Waals surface area (Å²) in [6.07, 6.45) is 4.12. The molecule has 2 aromatic rings. The van der Waals surface area contributed by atoms with Crippen molar-refractivity contribution in [3.8, 4) is 0 Å². The van der Waals surface area contributed by atoms with E-state index in [9.17, 15) is 14.4 Å². The molecule has 2 atom stereocenters. The van der Waals surface area contributed by atoms with E-state index in [1.165, 1.54) is 6.20 Å². The normalized spacial score (nSPS) is 18.6. The topological polar surface area (TPSA) is 91.4 Å². The highest BCUT2D eigenvalue weighted by atomic mass is 16.2. The molecule has 1 aromatic heterocycles. The summed E-state index contributed by atoms with van der Waals surface area (Å²) in [6.45, 7) is 7.45. The Balaban J connectivity index is 1.68. The molecule has 0 radical (unpaired) electrons. The number of aryl methyl sites for hydroxylation is 1. The molecule has 3 rings (SSSR count). The number of pyridine rings is 1. The van der Waals surface area contributed by atoms with Crippen molar-refractivity contribution in [3.63, 3.8) is 0 Å². The number of carbonyl (C=O) groups is 3. The third-order valence-electron chi connectivity index (χ3n) is 5.17. The van der Waals surface area contributed by atoms with Crippen LogP contribution in [0.15, 0.2) is 42.7 Å². The molecule has 0 saturated carbocycles. The Kier molecular flexibility index (Phi) is 6.82. The maximum absolute atomic E-state index is 13.2. The standard InChI is InChI=1S/C23H28N4O3/c1-15-6-7-20(19(10-15)23(30)27-13-16(2)9-17(3)14-27)26-21(28)12-25-22(29)18-5-4-8-24-11-18/h4-8,10-11,16-17H,9,12-14H2,1-3H3,(H,25,29)(H,26,28)/t16-,17+. The zero-order valence-corrected chi connectivity index (χ0v) is 17.6. The zero-order valence-electron chi connectivity index (χ0n) is 17.6. The Morgan fingerprint density at radius 2 is 1.87 bits per heavy atom. The number of nitrogens with one attached hydrogen (secondary N) is 2. The van der Waals surface area contributed by atoms with E-state index in [4.69, 9.17) is 0 Å². The summed E-state index contributed by atoms with van der Waals surface area (Å²) in [4.78, 5) is 43.5. The van der Waals surface area contributed by atoms with Gasteiger partial charge in [0.25, 0.3) is 11.8 Å². The number of likely N-dealkylation sites (tertiary alicyclic amines) is 1. The first kappa shape index (κ1) is 21.5. The Morgan fingerprint density at radius 3 is 2.53 bits per heavy atom. The molecule has 1 saturated heterocycles. The minimum atomic E-state index is -0.398. The summed E-state index contributed by atoms with van der Waals surface area (Å²) in [7, 11) is 0. The second-order valence-corrected chi connectivity index (χ2v) is 8.18. The van der Waals surface area contributed by atoms with Crippen LogP contribution in [0.5, 0.6) is 0 Å². The van der Waals surface area contributed by atoms with Crippen LogP contribution in [-0.4, -0.2) is 47.2 Å². The molecule has 2 N–H and O–H groups in total. The minimum Gasteiger partial charge on any atom is -0.343 e. The molecule has 1 fully saturated rings. The molecule has 1 aromatic carbocycles. The van der Waals surface area contributed by atoms with Gasteiger partial charge >= 0.3 is 0 Å². The lowest BCUT2D eigenvalue weighted by Gasteiger charge is -2.35. The van der Waals surface area contributed by atoms with Crippen LogP contribution < -0.4 is 10.6 Å². The summed E-state index contributed by atoms with van der Waals surface area (Å²) in [5, 5.41) is 5.34. The van der Waals surface area contributed by atoms with Gasteiger partial charge in [-0.15, -0.1) is 0 Å². The van der Waals surface area contributed by atoms with Gasteiger partial charge in [-0.3, -0.25) is 19.4 Å². The number of rotatable bonds is 5. The fourth-order valence-corrected chi connectivity index (χ4v) is 3.90. The first-order valence-corrected chi connectivity index (χ1v) is 10.2. The second-order valence-electron chi connectivity index (χ2n) is 8.18. The number of nitrogens with zero attached hydrogens (tertiary/aromatic N) is 2. The second kappa shape index (κ2) is 9.52. The van der Waals surface area contributed by atoms with Crippen LogP contribution in [0.1, 0.15) is 46.5 Å². The molecule has 1 aliphatic rings. The maximum atomic E-state index is 13.2. The van der Waals surface area contributed by atoms with Crippen LogP contribution in [0.2, 0.25) is 0 Å². The van der Waals surface area contributed by atoms with Gasteiger partial charge in [-0.05, 0) is 49.4 Å². The molecule has 7 heteroatoms. The summed E-state index contributed by atoms with van der Waals surface area (Å²) in [5.41, 5.74) is 2.25. The van der Waals surface area contributed by atoms with E-state index < -0.39 is 5.91 Å². The number of carbonyl (C=O) groups excluding carboxylic acids is 3. The van der Waals surface area contributed by atoms with Crippen molar-refractivity contribution in [1.29, 1.82) is 0 Å². The van der Waals surface area contributed by atoms with Gasteiger partial charge in [-0.1, -0.05) is 25.5 Å². The number of hydrogen-bond donors (Lipinski definition) is 2. The summed E-state index contributed by atoms with van der Waals surface area (Å²) < 4.78 is 0. The van der Waals surface area contributed by atoms with E-state index in [0.717, 1.165) is 12.0 Å². The van der Waals surface area contributed by atoms with Gasteiger partial charge in [0.2, 0.25) is 5.91 Å². The van der Waals surface area contributed by atoms with E-state index in [2.05, 4.69) is 29.5 Å². The molecule has 0 spiro atoms. The van der Waals surface area contributed by atoms with Gasteiger partial charge in [0, 0.05) is 25.5 Å². The zero-order chi connectivity index (χ0) is 21.7. The lowest BCUT2D eigenvalue weighted by Crippen LogP contribution is -2.43. The average Bonchev–Trinajstić information content (AvgIpc) is 2.72. The Bertz CT molecular complexity index is 919. The number of aromatic nitrogens is 1. The summed E-state index contributed by atoms with van der Waals surface area (Å²) in [6, 6.07) is 8.66. The summed E-state index contributed by atoms with van der Waals surface area (Å²) in [5.74, 6) is 0.0403. The van der Waals surface area contributed by atoms with Gasteiger partial charge in [0.15, 0.2) is 0 Å². The van der Waals surface area contributed by atoms with Crippen molar-refractivity contribution < 1.29 is 14.4 Å². The number of benzene rings is 1. The number of piperidine rings is 1. The lowest BCUT2D eigenvalue weighted by atomic mass is 9.91. The highest BCUT2D eigenvalue weighted by Gasteiger charge is 2.27. The van der Waals surface area contributed by atoms with E-state index in [1.807, 2.05) is 17.9 Å². The van der Waals surface area contributed by atoms with Gasteiger partial charge < -0.3 is 15.5 Å². The molecular formula is C23H28N4O3. The molecule has 3 amide bonds. The summed E-state index contributed by atoms with van der Waals surface area (Å²) >= 11 is 0. The number of amides is 3.